The van der Waals surface area contributed by atoms with Crippen molar-refractivity contribution in [2.24, 2.45) is 0 Å². The van der Waals surface area contributed by atoms with Crippen molar-refractivity contribution < 1.29 is 4.74 Å². The maximum atomic E-state index is 6.18. The van der Waals surface area contributed by atoms with E-state index in [4.69, 9.17) is 16.3 Å². The molecule has 1 aromatic carbocycles. The van der Waals surface area contributed by atoms with Crippen LogP contribution in [0.25, 0.3) is 0 Å². The first-order valence-corrected chi connectivity index (χ1v) is 7.34. The van der Waals surface area contributed by atoms with E-state index < -0.39 is 0 Å². The zero-order valence-corrected chi connectivity index (χ0v) is 12.4. The van der Waals surface area contributed by atoms with Gasteiger partial charge >= 0.3 is 0 Å². The second-order valence-corrected chi connectivity index (χ2v) is 5.42. The Kier molecular flexibility index (Phi) is 6.11. The Morgan fingerprint density at radius 3 is 2.32 bits per heavy atom. The molecule has 1 aliphatic heterocycles. The van der Waals surface area contributed by atoms with Crippen molar-refractivity contribution in [1.29, 1.82) is 0 Å². The number of nitrogens with zero attached hydrogens (tertiary/aromatic N) is 2. The maximum Gasteiger partial charge on any atom is 0.0589 e. The minimum atomic E-state index is 0.833. The van der Waals surface area contributed by atoms with E-state index in [1.54, 1.807) is 7.11 Å². The molecule has 0 bridgehead atoms. The number of methoxy groups -OCH3 is 1. The number of hydrogen-bond acceptors (Lipinski definition) is 3. The standard InChI is InChI=1S/C15H23ClN2O/c1-19-13-12-18-10-8-17(9-11-18)7-6-14-4-2-3-5-15(14)16/h2-5H,6-13H2,1H3. The van der Waals surface area contributed by atoms with Crippen LogP contribution in [0.3, 0.4) is 0 Å². The van der Waals surface area contributed by atoms with E-state index in [0.717, 1.165) is 57.3 Å². The average molecular weight is 283 g/mol. The summed E-state index contributed by atoms with van der Waals surface area (Å²) in [5.41, 5.74) is 1.26. The highest BCUT2D eigenvalue weighted by molar-refractivity contribution is 6.31. The van der Waals surface area contributed by atoms with Crippen LogP contribution in [0, 0.1) is 0 Å². The Hall–Kier alpha value is -0.610. The van der Waals surface area contributed by atoms with Gasteiger partial charge in [-0.25, -0.2) is 0 Å². The fourth-order valence-electron chi connectivity index (χ4n) is 2.44. The van der Waals surface area contributed by atoms with Gasteiger partial charge in [-0.15, -0.1) is 0 Å². The van der Waals surface area contributed by atoms with Crippen LogP contribution in [0.15, 0.2) is 24.3 Å². The van der Waals surface area contributed by atoms with E-state index in [9.17, 15) is 0 Å². The highest BCUT2D eigenvalue weighted by Crippen LogP contribution is 2.16. The molecule has 106 valence electrons. The van der Waals surface area contributed by atoms with Gasteiger partial charge in [-0.3, -0.25) is 4.90 Å². The number of rotatable bonds is 6. The summed E-state index contributed by atoms with van der Waals surface area (Å²) >= 11 is 6.18. The molecule has 0 spiro atoms. The molecule has 0 aliphatic carbocycles. The van der Waals surface area contributed by atoms with E-state index in [2.05, 4.69) is 21.9 Å². The van der Waals surface area contributed by atoms with Crippen molar-refractivity contribution in [1.82, 2.24) is 9.80 Å². The van der Waals surface area contributed by atoms with Crippen molar-refractivity contribution in [2.45, 2.75) is 6.42 Å². The van der Waals surface area contributed by atoms with E-state index >= 15 is 0 Å². The van der Waals surface area contributed by atoms with Crippen molar-refractivity contribution in [2.75, 3.05) is 53.0 Å². The first kappa shape index (κ1) is 14.8. The van der Waals surface area contributed by atoms with Gasteiger partial charge in [-0.05, 0) is 18.1 Å². The van der Waals surface area contributed by atoms with Crippen molar-refractivity contribution >= 4 is 11.6 Å². The molecular weight excluding hydrogens is 260 g/mol. The fraction of sp³-hybridized carbons (Fsp3) is 0.600. The summed E-state index contributed by atoms with van der Waals surface area (Å²) in [6.07, 6.45) is 1.04. The highest BCUT2D eigenvalue weighted by Gasteiger charge is 2.16. The van der Waals surface area contributed by atoms with Crippen LogP contribution in [0.5, 0.6) is 0 Å². The van der Waals surface area contributed by atoms with Crippen molar-refractivity contribution in [3.63, 3.8) is 0 Å². The Labute approximate surface area is 121 Å². The van der Waals surface area contributed by atoms with E-state index in [1.807, 2.05) is 12.1 Å². The van der Waals surface area contributed by atoms with Gasteiger partial charge in [-0.1, -0.05) is 29.8 Å². The summed E-state index contributed by atoms with van der Waals surface area (Å²) < 4.78 is 5.12. The van der Waals surface area contributed by atoms with Gasteiger partial charge in [0.1, 0.15) is 0 Å². The lowest BCUT2D eigenvalue weighted by Crippen LogP contribution is -2.47. The molecule has 19 heavy (non-hydrogen) atoms. The second kappa shape index (κ2) is 7.85. The molecule has 4 heteroatoms. The topological polar surface area (TPSA) is 15.7 Å². The smallest absolute Gasteiger partial charge is 0.0589 e. The van der Waals surface area contributed by atoms with Gasteiger partial charge in [-0.2, -0.15) is 0 Å². The Bertz CT molecular complexity index is 378. The SMILES string of the molecule is COCCN1CCN(CCc2ccccc2Cl)CC1. The van der Waals surface area contributed by atoms with Crippen LogP contribution in [0.4, 0.5) is 0 Å². The molecule has 0 aromatic heterocycles. The van der Waals surface area contributed by atoms with Gasteiger partial charge in [0, 0.05) is 51.4 Å². The minimum Gasteiger partial charge on any atom is -0.383 e. The summed E-state index contributed by atoms with van der Waals surface area (Å²) in [6.45, 7) is 7.57. The quantitative estimate of drug-likeness (QED) is 0.795. The van der Waals surface area contributed by atoms with Crippen molar-refractivity contribution in [3.8, 4) is 0 Å². The minimum absolute atomic E-state index is 0.833. The summed E-state index contributed by atoms with van der Waals surface area (Å²) in [5.74, 6) is 0. The van der Waals surface area contributed by atoms with Crippen LogP contribution in [0.2, 0.25) is 5.02 Å². The monoisotopic (exact) mass is 282 g/mol. The Morgan fingerprint density at radius 1 is 1.05 bits per heavy atom. The first-order chi connectivity index (χ1) is 9.29. The number of benzene rings is 1. The van der Waals surface area contributed by atoms with E-state index in [-0.39, 0.29) is 0 Å². The predicted molar refractivity (Wildman–Crippen MR) is 79.9 cm³/mol. The molecule has 0 N–H and O–H groups in total. The lowest BCUT2D eigenvalue weighted by Gasteiger charge is -2.34. The summed E-state index contributed by atoms with van der Waals surface area (Å²) in [5, 5.41) is 0.890. The summed E-state index contributed by atoms with van der Waals surface area (Å²) in [6, 6.07) is 8.14. The molecule has 1 aromatic rings. The molecule has 1 saturated heterocycles. The van der Waals surface area contributed by atoms with Gasteiger partial charge in [0.15, 0.2) is 0 Å². The van der Waals surface area contributed by atoms with Crippen LogP contribution >= 0.6 is 11.6 Å². The third kappa shape index (κ3) is 4.77. The molecule has 1 aliphatic rings. The normalized spacial score (nSPS) is 17.8. The van der Waals surface area contributed by atoms with E-state index in [1.165, 1.54) is 5.56 Å². The number of piperazine rings is 1. The number of ether oxygens (including phenoxy) is 1. The lowest BCUT2D eigenvalue weighted by molar-refractivity contribution is 0.0976. The largest absolute Gasteiger partial charge is 0.383 e. The molecule has 0 radical (unpaired) electrons. The molecule has 0 saturated carbocycles. The van der Waals surface area contributed by atoms with Gasteiger partial charge in [0.05, 0.1) is 6.61 Å². The molecule has 1 heterocycles. The van der Waals surface area contributed by atoms with Crippen LogP contribution in [-0.4, -0.2) is 62.8 Å². The molecule has 0 atom stereocenters. The molecule has 2 rings (SSSR count). The average Bonchev–Trinajstić information content (AvgIpc) is 2.45. The molecule has 3 nitrogen and oxygen atoms in total. The maximum absolute atomic E-state index is 6.18. The summed E-state index contributed by atoms with van der Waals surface area (Å²) in [4.78, 5) is 4.99. The molecule has 1 fully saturated rings. The van der Waals surface area contributed by atoms with Gasteiger partial charge < -0.3 is 9.64 Å². The zero-order valence-electron chi connectivity index (χ0n) is 11.6. The van der Waals surface area contributed by atoms with Crippen LogP contribution < -0.4 is 0 Å². The predicted octanol–water partition coefficient (Wildman–Crippen LogP) is 2.15. The summed E-state index contributed by atoms with van der Waals surface area (Å²) in [7, 11) is 1.76. The third-order valence-electron chi connectivity index (χ3n) is 3.73. The number of hydrogen-bond donors (Lipinski definition) is 0. The van der Waals surface area contributed by atoms with Crippen molar-refractivity contribution in [3.05, 3.63) is 34.9 Å². The second-order valence-electron chi connectivity index (χ2n) is 5.02. The number of halogens is 1. The van der Waals surface area contributed by atoms with E-state index in [0.29, 0.717) is 0 Å². The van der Waals surface area contributed by atoms with Gasteiger partial charge in [0.2, 0.25) is 0 Å². The fourth-order valence-corrected chi connectivity index (χ4v) is 2.67. The third-order valence-corrected chi connectivity index (χ3v) is 4.10. The Morgan fingerprint density at radius 2 is 1.68 bits per heavy atom. The molecule has 0 amide bonds. The first-order valence-electron chi connectivity index (χ1n) is 6.96. The van der Waals surface area contributed by atoms with Gasteiger partial charge in [0.25, 0.3) is 0 Å². The zero-order chi connectivity index (χ0) is 13.5. The molecule has 0 unspecified atom stereocenters. The highest BCUT2D eigenvalue weighted by atomic mass is 35.5. The molecular formula is C15H23ClN2O. The van der Waals surface area contributed by atoms with Crippen LogP contribution in [-0.2, 0) is 11.2 Å². The lowest BCUT2D eigenvalue weighted by atomic mass is 10.1. The Balaban J connectivity index is 1.70. The van der Waals surface area contributed by atoms with Crippen LogP contribution in [0.1, 0.15) is 5.56 Å².